The molecule has 9 nitrogen and oxygen atoms in total. The van der Waals surface area contributed by atoms with Gasteiger partial charge in [-0.1, -0.05) is 0 Å². The van der Waals surface area contributed by atoms with Gasteiger partial charge < -0.3 is 4.52 Å². The minimum absolute atomic E-state index is 0.0341. The minimum Gasteiger partial charge on any atom is -0.359 e. The van der Waals surface area contributed by atoms with Crippen LogP contribution in [-0.4, -0.2) is 9.85 Å². The van der Waals surface area contributed by atoms with Gasteiger partial charge in [0.25, 0.3) is 17.1 Å². The van der Waals surface area contributed by atoms with Crippen molar-refractivity contribution in [3.8, 4) is 0 Å². The second-order valence-electron chi connectivity index (χ2n) is 3.29. The number of aryl methyl sites for hydroxylation is 1. The lowest BCUT2D eigenvalue weighted by atomic mass is 10.2. The van der Waals surface area contributed by atoms with Gasteiger partial charge in [0.05, 0.1) is 21.3 Å². The summed E-state index contributed by atoms with van der Waals surface area (Å²) < 4.78 is 4.62. The van der Waals surface area contributed by atoms with E-state index in [9.17, 15) is 25.4 Å². The third-order valence-electron chi connectivity index (χ3n) is 2.30. The number of aromatic nitrogens is 1. The van der Waals surface area contributed by atoms with Crippen molar-refractivity contribution in [2.24, 2.45) is 0 Å². The summed E-state index contributed by atoms with van der Waals surface area (Å²) in [6.45, 7) is 1.35. The fourth-order valence-corrected chi connectivity index (χ4v) is 1.45. The Labute approximate surface area is 92.7 Å². The van der Waals surface area contributed by atoms with E-state index in [1.165, 1.54) is 6.92 Å². The summed E-state index contributed by atoms with van der Waals surface area (Å²) >= 11 is 0. The number of rotatable bonds is 2. The molecule has 0 fully saturated rings. The first-order valence-electron chi connectivity index (χ1n) is 4.38. The van der Waals surface area contributed by atoms with Crippen LogP contribution in [-0.2, 0) is 0 Å². The maximum atomic E-state index is 11.2. The van der Waals surface area contributed by atoms with Gasteiger partial charge in [0, 0.05) is 17.9 Å². The van der Waals surface area contributed by atoms with E-state index in [-0.39, 0.29) is 21.6 Å². The minimum atomic E-state index is -0.835. The standard InChI is InChI=1S/C8H5N3O6/c1-4-6-2-5(9(12)13)3-7(10(14)15)8(6)17-11(4)16/h2-3H,1H3. The zero-order chi connectivity index (χ0) is 12.7. The molecule has 0 saturated heterocycles. The lowest BCUT2D eigenvalue weighted by molar-refractivity contribution is -0.793. The molecule has 1 aromatic heterocycles. The van der Waals surface area contributed by atoms with Crippen LogP contribution >= 0.6 is 0 Å². The number of hydrogen-bond acceptors (Lipinski definition) is 6. The van der Waals surface area contributed by atoms with Crippen LogP contribution in [0, 0.1) is 32.4 Å². The molecule has 0 atom stereocenters. The quantitative estimate of drug-likeness (QED) is 0.440. The Morgan fingerprint density at radius 3 is 2.41 bits per heavy atom. The van der Waals surface area contributed by atoms with Crippen molar-refractivity contribution in [3.05, 3.63) is 43.3 Å². The van der Waals surface area contributed by atoms with Gasteiger partial charge >= 0.3 is 0 Å². The van der Waals surface area contributed by atoms with Crippen LogP contribution in [0.4, 0.5) is 11.4 Å². The van der Waals surface area contributed by atoms with Crippen molar-refractivity contribution in [1.82, 2.24) is 0 Å². The highest BCUT2D eigenvalue weighted by molar-refractivity contribution is 5.88. The lowest BCUT2D eigenvalue weighted by Gasteiger charge is -1.94. The van der Waals surface area contributed by atoms with Crippen LogP contribution in [0.1, 0.15) is 5.69 Å². The van der Waals surface area contributed by atoms with E-state index in [4.69, 9.17) is 0 Å². The number of nitrogens with zero attached hydrogens (tertiary/aromatic N) is 3. The Morgan fingerprint density at radius 1 is 1.24 bits per heavy atom. The van der Waals surface area contributed by atoms with Gasteiger partial charge in [-0.3, -0.25) is 25.4 Å². The van der Waals surface area contributed by atoms with Crippen molar-refractivity contribution in [1.29, 1.82) is 0 Å². The zero-order valence-corrected chi connectivity index (χ0v) is 8.45. The van der Waals surface area contributed by atoms with Crippen LogP contribution < -0.4 is 4.90 Å². The smallest absolute Gasteiger partial charge is 0.296 e. The highest BCUT2D eigenvalue weighted by Gasteiger charge is 2.25. The second-order valence-corrected chi connectivity index (χ2v) is 3.29. The molecule has 0 unspecified atom stereocenters. The molecule has 0 saturated carbocycles. The van der Waals surface area contributed by atoms with E-state index >= 15 is 0 Å². The van der Waals surface area contributed by atoms with E-state index in [2.05, 4.69) is 4.52 Å². The predicted molar refractivity (Wildman–Crippen MR) is 53.2 cm³/mol. The predicted octanol–water partition coefficient (Wildman–Crippen LogP) is 1.19. The molecule has 1 aromatic carbocycles. The Morgan fingerprint density at radius 2 is 1.88 bits per heavy atom. The Kier molecular flexibility index (Phi) is 2.16. The zero-order valence-electron chi connectivity index (χ0n) is 8.45. The molecule has 2 aromatic rings. The van der Waals surface area contributed by atoms with Crippen LogP contribution in [0.25, 0.3) is 11.0 Å². The van der Waals surface area contributed by atoms with E-state index in [1.807, 2.05) is 0 Å². The molecule has 0 aliphatic carbocycles. The first kappa shape index (κ1) is 10.8. The summed E-state index contributed by atoms with van der Waals surface area (Å²) in [6.07, 6.45) is 0. The number of hydrogen-bond donors (Lipinski definition) is 0. The molecule has 0 aliphatic heterocycles. The maximum Gasteiger partial charge on any atom is 0.296 e. The summed E-state index contributed by atoms with van der Waals surface area (Å²) in [5.74, 6) is 0. The van der Waals surface area contributed by atoms with E-state index in [0.29, 0.717) is 0 Å². The Bertz CT molecular complexity index is 646. The molecular weight excluding hydrogens is 234 g/mol. The molecule has 1 heterocycles. The van der Waals surface area contributed by atoms with E-state index in [0.717, 1.165) is 12.1 Å². The van der Waals surface area contributed by atoms with Crippen LogP contribution in [0.15, 0.2) is 16.7 Å². The van der Waals surface area contributed by atoms with Gasteiger partial charge in [-0.15, -0.1) is 0 Å². The second kappa shape index (κ2) is 3.40. The maximum absolute atomic E-state index is 11.2. The normalized spacial score (nSPS) is 10.6. The topological polar surface area (TPSA) is 126 Å². The van der Waals surface area contributed by atoms with Crippen molar-refractivity contribution in [2.45, 2.75) is 6.92 Å². The molecule has 0 bridgehead atoms. The van der Waals surface area contributed by atoms with Gasteiger partial charge in [-0.25, -0.2) is 0 Å². The van der Waals surface area contributed by atoms with Crippen molar-refractivity contribution in [2.75, 3.05) is 0 Å². The first-order valence-corrected chi connectivity index (χ1v) is 4.38. The number of nitro groups is 2. The molecule has 0 aliphatic rings. The number of benzene rings is 1. The molecule has 0 N–H and O–H groups in total. The first-order chi connectivity index (χ1) is 7.91. The summed E-state index contributed by atoms with van der Waals surface area (Å²) in [7, 11) is 0. The molecular formula is C8H5N3O6. The molecule has 0 amide bonds. The lowest BCUT2D eigenvalue weighted by Crippen LogP contribution is -2.25. The summed E-state index contributed by atoms with van der Waals surface area (Å²) in [5, 5.41) is 32.5. The summed E-state index contributed by atoms with van der Waals surface area (Å²) in [5.41, 5.74) is -1.31. The molecule has 0 spiro atoms. The monoisotopic (exact) mass is 239 g/mol. The Balaban J connectivity index is 2.91. The van der Waals surface area contributed by atoms with Crippen molar-refractivity contribution < 1.29 is 19.3 Å². The largest absolute Gasteiger partial charge is 0.359 e. The fourth-order valence-electron chi connectivity index (χ4n) is 1.45. The SMILES string of the molecule is Cc1c2cc([N+](=O)[O-])cc([N+](=O)[O-])c2o[n+]1[O-]. The van der Waals surface area contributed by atoms with Gasteiger partial charge in [-0.2, -0.15) is 0 Å². The van der Waals surface area contributed by atoms with Crippen molar-refractivity contribution in [3.63, 3.8) is 0 Å². The van der Waals surface area contributed by atoms with Gasteiger partial charge in [-0.05, 0) is 0 Å². The molecule has 17 heavy (non-hydrogen) atoms. The van der Waals surface area contributed by atoms with Gasteiger partial charge in [0.1, 0.15) is 0 Å². The highest BCUT2D eigenvalue weighted by Crippen LogP contribution is 2.31. The molecule has 9 heteroatoms. The third-order valence-corrected chi connectivity index (χ3v) is 2.30. The molecule has 2 rings (SSSR count). The fraction of sp³-hybridized carbons (Fsp3) is 0.125. The number of nitro benzene ring substituents is 2. The summed E-state index contributed by atoms with van der Waals surface area (Å²) in [6, 6.07) is 1.82. The number of non-ortho nitro benzene ring substituents is 2. The van der Waals surface area contributed by atoms with E-state index < -0.39 is 21.2 Å². The van der Waals surface area contributed by atoms with Crippen LogP contribution in [0.3, 0.4) is 0 Å². The van der Waals surface area contributed by atoms with Gasteiger partial charge in [0.15, 0.2) is 5.58 Å². The molecule has 88 valence electrons. The highest BCUT2D eigenvalue weighted by atomic mass is 16.7. The average molecular weight is 239 g/mol. The van der Waals surface area contributed by atoms with Gasteiger partial charge in [0.2, 0.25) is 0 Å². The summed E-state index contributed by atoms with van der Waals surface area (Å²) in [4.78, 5) is 19.8. The number of fused-ring (bicyclic) bond motifs is 1. The molecule has 0 radical (unpaired) electrons. The average Bonchev–Trinajstić information content (AvgIpc) is 2.54. The van der Waals surface area contributed by atoms with E-state index in [1.54, 1.807) is 0 Å². The van der Waals surface area contributed by atoms with Crippen LogP contribution in [0.5, 0.6) is 0 Å². The van der Waals surface area contributed by atoms with Crippen molar-refractivity contribution >= 4 is 22.3 Å². The Hall–Kier alpha value is -2.71. The van der Waals surface area contributed by atoms with Crippen LogP contribution in [0.2, 0.25) is 0 Å². The third kappa shape index (κ3) is 1.53.